The van der Waals surface area contributed by atoms with E-state index in [1.807, 2.05) is 12.7 Å². The van der Waals surface area contributed by atoms with Crippen LogP contribution in [0, 0.1) is 11.3 Å². The van der Waals surface area contributed by atoms with E-state index in [2.05, 4.69) is 60.2 Å². The lowest BCUT2D eigenvalue weighted by Gasteiger charge is -2.41. The second-order valence-electron chi connectivity index (χ2n) is 11.9. The maximum Gasteiger partial charge on any atom is 0.256 e. The molecule has 226 valence electrons. The lowest BCUT2D eigenvalue weighted by molar-refractivity contribution is -0.112. The van der Waals surface area contributed by atoms with Gasteiger partial charge in [-0.15, -0.1) is 0 Å². The maximum absolute atomic E-state index is 12.9. The molecule has 2 N–H and O–H groups in total. The van der Waals surface area contributed by atoms with Gasteiger partial charge in [0.05, 0.1) is 32.0 Å². The van der Waals surface area contributed by atoms with Gasteiger partial charge >= 0.3 is 0 Å². The molecule has 0 radical (unpaired) electrons. The molecule has 42 heavy (non-hydrogen) atoms. The van der Waals surface area contributed by atoms with Crippen LogP contribution in [0.1, 0.15) is 50.7 Å². The van der Waals surface area contributed by atoms with Gasteiger partial charge in [-0.25, -0.2) is 15.0 Å². The van der Waals surface area contributed by atoms with E-state index in [4.69, 9.17) is 23.5 Å². The number of aliphatic hydroxyl groups excluding tert-OH is 1. The van der Waals surface area contributed by atoms with Crippen molar-refractivity contribution in [3.05, 3.63) is 48.5 Å². The Hall–Kier alpha value is -2.82. The molecule has 1 aromatic carbocycles. The summed E-state index contributed by atoms with van der Waals surface area (Å²) in [7, 11) is -3.82. The van der Waals surface area contributed by atoms with Crippen LogP contribution in [0.3, 0.4) is 0 Å². The molecule has 3 heterocycles. The standard InChI is InChI=1S/C28H39N6O6PSi/c1-27(2,3)42(6,7)40-21-22(39-41(5)37-15-11-14-29)28(4,16-35)38-26(21)34-18-32-20-23(30-17-31-24(20)34)33-25(36)19-12-9-8-10-13-19/h8-10,12-13,17-18,21-22,26,35H,11,15-16H2,1-7H3,(H,30,31,33,36)/t21-,22?,26+,28+,41?/m0/s1. The van der Waals surface area contributed by atoms with Crippen molar-refractivity contribution in [3.8, 4) is 6.07 Å². The van der Waals surface area contributed by atoms with Gasteiger partial charge in [0.25, 0.3) is 5.91 Å². The summed E-state index contributed by atoms with van der Waals surface area (Å²) in [5.41, 5.74) is 0.134. The minimum Gasteiger partial charge on any atom is -0.406 e. The largest absolute Gasteiger partial charge is 0.406 e. The molecule has 1 aliphatic heterocycles. The van der Waals surface area contributed by atoms with Crippen molar-refractivity contribution in [2.24, 2.45) is 0 Å². The van der Waals surface area contributed by atoms with E-state index >= 15 is 0 Å². The number of ether oxygens (including phenoxy) is 1. The van der Waals surface area contributed by atoms with Gasteiger partial charge in [0, 0.05) is 12.2 Å². The Morgan fingerprint density at radius 2 is 1.98 bits per heavy atom. The molecule has 12 nitrogen and oxygen atoms in total. The normalized spacial score (nSPS) is 23.5. The van der Waals surface area contributed by atoms with E-state index < -0.39 is 40.7 Å². The van der Waals surface area contributed by atoms with Crippen molar-refractivity contribution in [2.45, 2.75) is 76.3 Å². The molecule has 1 aliphatic rings. The van der Waals surface area contributed by atoms with Gasteiger partial charge in [0.2, 0.25) is 0 Å². The summed E-state index contributed by atoms with van der Waals surface area (Å²) in [5.74, 6) is -0.0661. The summed E-state index contributed by atoms with van der Waals surface area (Å²) in [4.78, 5) is 26.2. The minimum absolute atomic E-state index is 0.130. The zero-order valence-electron chi connectivity index (χ0n) is 25.1. The van der Waals surface area contributed by atoms with E-state index in [-0.39, 0.29) is 36.4 Å². The number of amides is 1. The van der Waals surface area contributed by atoms with Crippen molar-refractivity contribution in [2.75, 3.05) is 25.2 Å². The highest BCUT2D eigenvalue weighted by molar-refractivity contribution is 7.46. The number of rotatable bonds is 11. The Morgan fingerprint density at radius 1 is 1.26 bits per heavy atom. The molecule has 1 saturated heterocycles. The predicted octanol–water partition coefficient (Wildman–Crippen LogP) is 5.01. The molecule has 2 unspecified atom stereocenters. The SMILES string of the molecule is CP(OCCC#N)OC1[C@H](O[Si](C)(C)C(C)(C)C)[C@H](n2cnc3c(NC(=O)c4ccccc4)ncnc32)O[C@]1(C)CO. The van der Waals surface area contributed by atoms with Crippen molar-refractivity contribution in [1.29, 1.82) is 5.26 Å². The summed E-state index contributed by atoms with van der Waals surface area (Å²) >= 11 is 0. The van der Waals surface area contributed by atoms with Crippen LogP contribution in [-0.4, -0.2) is 76.5 Å². The van der Waals surface area contributed by atoms with Gasteiger partial charge in [-0.1, -0.05) is 39.0 Å². The molecular weight excluding hydrogens is 575 g/mol. The fourth-order valence-corrected chi connectivity index (χ4v) is 6.71. The van der Waals surface area contributed by atoms with Gasteiger partial charge in [0.15, 0.2) is 39.9 Å². The van der Waals surface area contributed by atoms with E-state index in [9.17, 15) is 9.90 Å². The minimum atomic E-state index is -2.40. The monoisotopic (exact) mass is 614 g/mol. The second-order valence-corrected chi connectivity index (χ2v) is 18.0. The van der Waals surface area contributed by atoms with Crippen LogP contribution in [0.25, 0.3) is 11.2 Å². The molecule has 0 spiro atoms. The molecule has 0 saturated carbocycles. The molecule has 5 atom stereocenters. The van der Waals surface area contributed by atoms with Crippen molar-refractivity contribution >= 4 is 39.6 Å². The highest BCUT2D eigenvalue weighted by Crippen LogP contribution is 2.50. The third-order valence-corrected chi connectivity index (χ3v) is 13.3. The molecule has 1 fully saturated rings. The van der Waals surface area contributed by atoms with Crippen LogP contribution in [0.5, 0.6) is 0 Å². The number of hydrogen-bond acceptors (Lipinski definition) is 10. The van der Waals surface area contributed by atoms with Gasteiger partial charge in [0.1, 0.15) is 24.1 Å². The van der Waals surface area contributed by atoms with Gasteiger partial charge in [-0.2, -0.15) is 5.26 Å². The first-order valence-corrected chi connectivity index (χ1v) is 18.3. The second kappa shape index (κ2) is 12.8. The molecule has 4 rings (SSSR count). The highest BCUT2D eigenvalue weighted by atomic mass is 31.2. The van der Waals surface area contributed by atoms with Crippen LogP contribution in [0.15, 0.2) is 43.0 Å². The van der Waals surface area contributed by atoms with Gasteiger partial charge in [-0.05, 0) is 37.2 Å². The van der Waals surface area contributed by atoms with Crippen LogP contribution in [0.2, 0.25) is 18.1 Å². The number of nitriles is 1. The number of fused-ring (bicyclic) bond motifs is 1. The molecule has 0 aliphatic carbocycles. The molecule has 3 aromatic rings. The van der Waals surface area contributed by atoms with E-state index in [0.29, 0.717) is 16.7 Å². The van der Waals surface area contributed by atoms with Crippen LogP contribution in [0.4, 0.5) is 5.82 Å². The van der Waals surface area contributed by atoms with E-state index in [0.717, 1.165) is 0 Å². The Balaban J connectivity index is 1.73. The smallest absolute Gasteiger partial charge is 0.256 e. The average molecular weight is 615 g/mol. The van der Waals surface area contributed by atoms with Crippen LogP contribution >= 0.6 is 8.38 Å². The quantitative estimate of drug-likeness (QED) is 0.171. The van der Waals surface area contributed by atoms with Crippen molar-refractivity contribution < 1.29 is 28.1 Å². The van der Waals surface area contributed by atoms with Gasteiger partial charge < -0.3 is 28.6 Å². The van der Waals surface area contributed by atoms with Crippen molar-refractivity contribution in [1.82, 2.24) is 19.5 Å². The number of anilines is 1. The Morgan fingerprint density at radius 3 is 2.62 bits per heavy atom. The van der Waals surface area contributed by atoms with Crippen LogP contribution in [-0.2, 0) is 18.2 Å². The fraction of sp³-hybridized carbons (Fsp3) is 0.536. The molecule has 14 heteroatoms. The third kappa shape index (κ3) is 6.71. The highest BCUT2D eigenvalue weighted by Gasteiger charge is 2.58. The Labute approximate surface area is 248 Å². The predicted molar refractivity (Wildman–Crippen MR) is 161 cm³/mol. The molecular formula is C28H39N6O6PSi. The maximum atomic E-state index is 12.9. The Kier molecular flexibility index (Phi) is 9.79. The number of carbonyl (C=O) groups is 1. The molecule has 1 amide bonds. The number of nitrogens with zero attached hydrogens (tertiary/aromatic N) is 5. The number of imidazole rings is 1. The summed E-state index contributed by atoms with van der Waals surface area (Å²) in [6, 6.07) is 10.9. The van der Waals surface area contributed by atoms with Crippen LogP contribution < -0.4 is 5.32 Å². The zero-order valence-corrected chi connectivity index (χ0v) is 27.0. The first kappa shape index (κ1) is 32.1. The number of benzene rings is 1. The summed E-state index contributed by atoms with van der Waals surface area (Å²) < 4.78 is 27.4. The lowest BCUT2D eigenvalue weighted by Crippen LogP contribution is -2.51. The van der Waals surface area contributed by atoms with E-state index in [1.165, 1.54) is 6.33 Å². The summed E-state index contributed by atoms with van der Waals surface area (Å²) in [5, 5.41) is 22.2. The topological polar surface area (TPSA) is 154 Å². The first-order chi connectivity index (χ1) is 19.8. The first-order valence-electron chi connectivity index (χ1n) is 13.7. The van der Waals surface area contributed by atoms with Gasteiger partial charge in [-0.3, -0.25) is 9.36 Å². The number of aromatic nitrogens is 4. The number of carbonyl (C=O) groups excluding carboxylic acids is 1. The molecule has 0 bridgehead atoms. The summed E-state index contributed by atoms with van der Waals surface area (Å²) in [6.45, 7) is 14.2. The van der Waals surface area contributed by atoms with Crippen molar-refractivity contribution in [3.63, 3.8) is 0 Å². The number of aliphatic hydroxyl groups is 1. The fourth-order valence-electron chi connectivity index (χ4n) is 4.37. The third-order valence-electron chi connectivity index (χ3n) is 7.77. The lowest BCUT2D eigenvalue weighted by atomic mass is 9.99. The molecule has 2 aromatic heterocycles. The zero-order chi connectivity index (χ0) is 30.7. The average Bonchev–Trinajstić information content (AvgIpc) is 3.49. The number of hydrogen-bond donors (Lipinski definition) is 2. The Bertz CT molecular complexity index is 1430. The summed E-state index contributed by atoms with van der Waals surface area (Å²) in [6.07, 6.45) is 1.01. The number of nitrogens with one attached hydrogen (secondary N) is 1. The van der Waals surface area contributed by atoms with E-state index in [1.54, 1.807) is 42.1 Å².